The van der Waals surface area contributed by atoms with E-state index in [9.17, 15) is 4.79 Å². The molecule has 66 valence electrons. The standard InChI is InChI=1S/C3H6I2N2OS3/c4-9-1-6-3(8)7-2-10-11-5/h1-2H2,(H2,6,7,8). The number of amides is 2. The van der Waals surface area contributed by atoms with Crippen molar-refractivity contribution in [1.29, 1.82) is 0 Å². The minimum atomic E-state index is -0.105. The van der Waals surface area contributed by atoms with Crippen LogP contribution in [0, 0.1) is 0 Å². The van der Waals surface area contributed by atoms with Crippen molar-refractivity contribution in [2.75, 3.05) is 11.8 Å². The van der Waals surface area contributed by atoms with Crippen LogP contribution in [0.15, 0.2) is 0 Å². The summed E-state index contributed by atoms with van der Waals surface area (Å²) in [6.07, 6.45) is 0. The molecule has 0 atom stereocenters. The van der Waals surface area contributed by atoms with E-state index in [2.05, 4.69) is 53.0 Å². The Labute approximate surface area is 102 Å². The lowest BCUT2D eigenvalue weighted by Crippen LogP contribution is -2.34. The van der Waals surface area contributed by atoms with E-state index in [1.54, 1.807) is 27.7 Å². The maximum Gasteiger partial charge on any atom is 0.316 e. The summed E-state index contributed by atoms with van der Waals surface area (Å²) in [5.74, 6) is 1.29. The van der Waals surface area contributed by atoms with Crippen molar-refractivity contribution in [2.45, 2.75) is 0 Å². The second-order valence-electron chi connectivity index (χ2n) is 1.26. The van der Waals surface area contributed by atoms with Crippen LogP contribution >= 0.6 is 70.1 Å². The lowest BCUT2D eigenvalue weighted by molar-refractivity contribution is 0.244. The van der Waals surface area contributed by atoms with E-state index < -0.39 is 0 Å². The van der Waals surface area contributed by atoms with Crippen LogP contribution in [-0.2, 0) is 0 Å². The zero-order chi connectivity index (χ0) is 8.53. The molecular weight excluding hydrogens is 430 g/mol. The predicted molar refractivity (Wildman–Crippen MR) is 72.2 cm³/mol. The van der Waals surface area contributed by atoms with Crippen LogP contribution in [0.1, 0.15) is 0 Å². The molecule has 0 heterocycles. The Hall–Kier alpha value is 1.78. The Kier molecular flexibility index (Phi) is 11.5. The van der Waals surface area contributed by atoms with Gasteiger partial charge in [-0.3, -0.25) is 0 Å². The van der Waals surface area contributed by atoms with Gasteiger partial charge in [0.25, 0.3) is 0 Å². The molecule has 0 aliphatic heterocycles. The molecule has 0 spiro atoms. The van der Waals surface area contributed by atoms with Gasteiger partial charge in [-0.25, -0.2) is 4.79 Å². The maximum absolute atomic E-state index is 10.8. The van der Waals surface area contributed by atoms with Crippen LogP contribution in [-0.4, -0.2) is 17.8 Å². The van der Waals surface area contributed by atoms with Crippen molar-refractivity contribution in [2.24, 2.45) is 0 Å². The molecule has 0 aliphatic rings. The van der Waals surface area contributed by atoms with Gasteiger partial charge in [-0.1, -0.05) is 19.7 Å². The Morgan fingerprint density at radius 3 is 2.45 bits per heavy atom. The number of halogens is 2. The molecular formula is C3H6I2N2OS3. The van der Waals surface area contributed by atoms with Gasteiger partial charge in [-0.15, -0.1) is 0 Å². The van der Waals surface area contributed by atoms with Crippen LogP contribution in [0.5, 0.6) is 0 Å². The highest BCUT2D eigenvalue weighted by atomic mass is 127. The van der Waals surface area contributed by atoms with E-state index in [1.807, 2.05) is 0 Å². The third-order valence-electron chi connectivity index (χ3n) is 0.623. The highest BCUT2D eigenvalue weighted by Gasteiger charge is 1.96. The predicted octanol–water partition coefficient (Wildman–Crippen LogP) is 3.02. The Morgan fingerprint density at radius 2 is 1.91 bits per heavy atom. The second kappa shape index (κ2) is 9.86. The van der Waals surface area contributed by atoms with Crippen LogP contribution in [0.3, 0.4) is 0 Å². The molecule has 0 aromatic heterocycles. The number of urea groups is 1. The summed E-state index contributed by atoms with van der Waals surface area (Å²) >= 11 is 4.30. The first-order valence-electron chi connectivity index (χ1n) is 2.46. The van der Waals surface area contributed by atoms with Crippen LogP contribution < -0.4 is 10.6 Å². The number of carbonyl (C=O) groups is 1. The van der Waals surface area contributed by atoms with Gasteiger partial charge in [0.05, 0.1) is 11.8 Å². The van der Waals surface area contributed by atoms with Gasteiger partial charge < -0.3 is 10.6 Å². The molecule has 11 heavy (non-hydrogen) atoms. The summed E-state index contributed by atoms with van der Waals surface area (Å²) in [5.41, 5.74) is 0. The monoisotopic (exact) mass is 436 g/mol. The normalized spacial score (nSPS) is 9.27. The molecule has 0 radical (unpaired) electrons. The fraction of sp³-hybridized carbons (Fsp3) is 0.667. The quantitative estimate of drug-likeness (QED) is 0.301. The average molecular weight is 436 g/mol. The van der Waals surface area contributed by atoms with E-state index in [4.69, 9.17) is 0 Å². The summed E-state index contributed by atoms with van der Waals surface area (Å²) in [4.78, 5) is 10.8. The van der Waals surface area contributed by atoms with Gasteiger partial charge in [0, 0.05) is 21.2 Å². The first-order chi connectivity index (χ1) is 5.31. The maximum atomic E-state index is 10.8. The molecule has 0 rings (SSSR count). The highest BCUT2D eigenvalue weighted by Crippen LogP contribution is 2.26. The van der Waals surface area contributed by atoms with Crippen LogP contribution in [0.4, 0.5) is 4.79 Å². The Morgan fingerprint density at radius 1 is 1.27 bits per heavy atom. The van der Waals surface area contributed by atoms with Crippen LogP contribution in [0.2, 0.25) is 0 Å². The van der Waals surface area contributed by atoms with Gasteiger partial charge in [-0.05, 0) is 29.2 Å². The lowest BCUT2D eigenvalue weighted by atomic mass is 10.9. The van der Waals surface area contributed by atoms with Crippen molar-refractivity contribution in [3.63, 3.8) is 0 Å². The van der Waals surface area contributed by atoms with E-state index in [-0.39, 0.29) is 6.03 Å². The molecule has 0 unspecified atom stereocenters. The molecule has 8 heteroatoms. The third-order valence-corrected chi connectivity index (χ3v) is 5.07. The molecule has 0 aromatic rings. The molecule has 2 amide bonds. The fourth-order valence-electron chi connectivity index (χ4n) is 0.273. The minimum Gasteiger partial charge on any atom is -0.328 e. The smallest absolute Gasteiger partial charge is 0.316 e. The molecule has 0 bridgehead atoms. The van der Waals surface area contributed by atoms with Gasteiger partial charge >= 0.3 is 6.03 Å². The summed E-state index contributed by atoms with van der Waals surface area (Å²) in [6, 6.07) is -0.105. The highest BCUT2D eigenvalue weighted by molar-refractivity contribution is 14.2. The first-order valence-corrected chi connectivity index (χ1v) is 10.9. The first kappa shape index (κ1) is 12.8. The number of hydrogen-bond donors (Lipinski definition) is 2. The number of hydrogen-bond acceptors (Lipinski definition) is 4. The van der Waals surface area contributed by atoms with Gasteiger partial charge in [0.15, 0.2) is 0 Å². The van der Waals surface area contributed by atoms with E-state index >= 15 is 0 Å². The molecule has 0 fully saturated rings. The number of rotatable bonds is 5. The van der Waals surface area contributed by atoms with Gasteiger partial charge in [0.2, 0.25) is 0 Å². The summed E-state index contributed by atoms with van der Waals surface area (Å²) in [5, 5.41) is 5.36. The molecule has 0 aliphatic carbocycles. The van der Waals surface area contributed by atoms with Crippen molar-refractivity contribution in [3.05, 3.63) is 0 Å². The fourth-order valence-corrected chi connectivity index (χ4v) is 2.61. The zero-order valence-corrected chi connectivity index (χ0v) is 12.1. The number of carbonyl (C=O) groups excluding carboxylic acids is 1. The molecule has 0 saturated carbocycles. The topological polar surface area (TPSA) is 41.1 Å². The summed E-state index contributed by atoms with van der Waals surface area (Å²) in [6.45, 7) is 0. The van der Waals surface area contributed by atoms with Crippen molar-refractivity contribution < 1.29 is 4.79 Å². The van der Waals surface area contributed by atoms with Crippen molar-refractivity contribution in [3.8, 4) is 0 Å². The minimum absolute atomic E-state index is 0.105. The summed E-state index contributed by atoms with van der Waals surface area (Å²) < 4.78 is 0. The second-order valence-corrected chi connectivity index (χ2v) is 8.61. The van der Waals surface area contributed by atoms with Gasteiger partial charge in [0.1, 0.15) is 0 Å². The lowest BCUT2D eigenvalue weighted by Gasteiger charge is -2.03. The van der Waals surface area contributed by atoms with E-state index in [0.717, 1.165) is 0 Å². The van der Waals surface area contributed by atoms with E-state index in [0.29, 0.717) is 11.8 Å². The third kappa shape index (κ3) is 9.70. The van der Waals surface area contributed by atoms with Crippen LogP contribution in [0.25, 0.3) is 0 Å². The summed E-state index contributed by atoms with van der Waals surface area (Å²) in [7, 11) is 4.75. The number of nitrogens with one attached hydrogen (secondary N) is 2. The van der Waals surface area contributed by atoms with E-state index in [1.165, 1.54) is 0 Å². The van der Waals surface area contributed by atoms with Crippen molar-refractivity contribution in [1.82, 2.24) is 10.6 Å². The average Bonchev–Trinajstić information content (AvgIpc) is 2.01. The SMILES string of the molecule is O=C(NCSI)NCSSI. The molecule has 3 nitrogen and oxygen atoms in total. The molecule has 0 aromatic carbocycles. The zero-order valence-electron chi connectivity index (χ0n) is 5.30. The van der Waals surface area contributed by atoms with Gasteiger partial charge in [-0.2, -0.15) is 0 Å². The molecule has 2 N–H and O–H groups in total. The van der Waals surface area contributed by atoms with Crippen molar-refractivity contribution >= 4 is 76.1 Å². The molecule has 0 saturated heterocycles. The Bertz CT molecular complexity index is 117. The Balaban J connectivity index is 3.09. The largest absolute Gasteiger partial charge is 0.328 e.